The Morgan fingerprint density at radius 3 is 2.70 bits per heavy atom. The molecule has 0 aliphatic carbocycles. The predicted molar refractivity (Wildman–Crippen MR) is 96.4 cm³/mol. The van der Waals surface area contributed by atoms with Crippen molar-refractivity contribution < 1.29 is 8.42 Å². The van der Waals surface area contributed by atoms with Crippen LogP contribution in [-0.2, 0) is 10.0 Å². The van der Waals surface area contributed by atoms with Crippen LogP contribution in [0.5, 0.6) is 0 Å². The van der Waals surface area contributed by atoms with Crippen LogP contribution in [0, 0.1) is 5.92 Å². The molecule has 23 heavy (non-hydrogen) atoms. The van der Waals surface area contributed by atoms with Gasteiger partial charge in [-0.25, -0.2) is 13.1 Å². The van der Waals surface area contributed by atoms with Crippen molar-refractivity contribution >= 4 is 43.0 Å². The van der Waals surface area contributed by atoms with Crippen LogP contribution in [0.1, 0.15) is 12.8 Å². The Morgan fingerprint density at radius 1 is 1.30 bits per heavy atom. The summed E-state index contributed by atoms with van der Waals surface area (Å²) in [6, 6.07) is 7.38. The lowest BCUT2D eigenvalue weighted by atomic mass is 9.97. The number of sulfonamides is 1. The third-order valence-electron chi connectivity index (χ3n) is 4.00. The van der Waals surface area contributed by atoms with E-state index in [-0.39, 0.29) is 0 Å². The van der Waals surface area contributed by atoms with Gasteiger partial charge < -0.3 is 4.90 Å². The Bertz CT molecular complexity index is 741. The maximum atomic E-state index is 12.2. The minimum Gasteiger partial charge on any atom is -0.370 e. The topological polar surface area (TPSA) is 62.3 Å². The third-order valence-corrected chi connectivity index (χ3v) is 7.54. The highest BCUT2D eigenvalue weighted by Gasteiger charge is 2.23. The number of hydrogen-bond acceptors (Lipinski definition) is 5. The van der Waals surface area contributed by atoms with Crippen LogP contribution >= 0.6 is 27.3 Å². The third kappa shape index (κ3) is 4.32. The van der Waals surface area contributed by atoms with Gasteiger partial charge in [0.05, 0.1) is 15.7 Å². The quantitative estimate of drug-likeness (QED) is 0.814. The molecule has 124 valence electrons. The summed E-state index contributed by atoms with van der Waals surface area (Å²) in [5.74, 6) is 0.376. The number of pyridine rings is 1. The maximum absolute atomic E-state index is 12.2. The van der Waals surface area contributed by atoms with Crippen LogP contribution < -0.4 is 9.62 Å². The zero-order valence-corrected chi connectivity index (χ0v) is 15.7. The van der Waals surface area contributed by atoms with Crippen LogP contribution in [0.4, 0.5) is 5.69 Å². The first-order chi connectivity index (χ1) is 11.0. The average Bonchev–Trinajstić information content (AvgIpc) is 3.02. The lowest BCUT2D eigenvalue weighted by Gasteiger charge is -2.33. The average molecular weight is 416 g/mol. The van der Waals surface area contributed by atoms with Crippen molar-refractivity contribution in [1.82, 2.24) is 9.71 Å². The second-order valence-electron chi connectivity index (χ2n) is 5.55. The number of nitrogens with one attached hydrogen (secondary N) is 1. The van der Waals surface area contributed by atoms with Crippen molar-refractivity contribution in [3.8, 4) is 0 Å². The van der Waals surface area contributed by atoms with Crippen LogP contribution in [0.15, 0.2) is 44.7 Å². The van der Waals surface area contributed by atoms with Crippen molar-refractivity contribution in [2.24, 2.45) is 5.92 Å². The molecule has 0 bridgehead atoms. The first-order valence-corrected chi connectivity index (χ1v) is 10.5. The molecule has 1 N–H and O–H groups in total. The molecular formula is C15H18BrN3O2S2. The summed E-state index contributed by atoms with van der Waals surface area (Å²) < 4.78 is 28.4. The number of nitrogens with zero attached hydrogens (tertiary/aromatic N) is 2. The molecule has 1 saturated heterocycles. The molecule has 2 aromatic heterocycles. The van der Waals surface area contributed by atoms with E-state index in [9.17, 15) is 8.42 Å². The van der Waals surface area contributed by atoms with Crippen LogP contribution in [0.2, 0.25) is 0 Å². The largest absolute Gasteiger partial charge is 0.370 e. The second-order valence-corrected chi connectivity index (χ2v) is 10.0. The fraction of sp³-hybridized carbons (Fsp3) is 0.400. The molecule has 0 unspecified atom stereocenters. The summed E-state index contributed by atoms with van der Waals surface area (Å²) in [4.78, 5) is 6.45. The molecule has 0 amide bonds. The van der Waals surface area contributed by atoms with E-state index < -0.39 is 10.0 Å². The van der Waals surface area contributed by atoms with E-state index in [0.717, 1.165) is 35.4 Å². The minimum atomic E-state index is -3.39. The van der Waals surface area contributed by atoms with Crippen LogP contribution in [0.25, 0.3) is 0 Å². The molecular weight excluding hydrogens is 398 g/mol. The van der Waals surface area contributed by atoms with Gasteiger partial charge in [-0.1, -0.05) is 0 Å². The summed E-state index contributed by atoms with van der Waals surface area (Å²) in [7, 11) is -3.39. The zero-order valence-electron chi connectivity index (χ0n) is 12.5. The monoisotopic (exact) mass is 415 g/mol. The van der Waals surface area contributed by atoms with Gasteiger partial charge in [0.15, 0.2) is 0 Å². The molecule has 1 fully saturated rings. The Morgan fingerprint density at radius 2 is 2.09 bits per heavy atom. The molecule has 1 aliphatic heterocycles. The van der Waals surface area contributed by atoms with E-state index in [4.69, 9.17) is 0 Å². The van der Waals surface area contributed by atoms with Crippen LogP contribution in [-0.4, -0.2) is 33.0 Å². The number of aromatic nitrogens is 1. The van der Waals surface area contributed by atoms with Gasteiger partial charge in [-0.2, -0.15) is 0 Å². The maximum Gasteiger partial charge on any atom is 0.250 e. The fourth-order valence-electron chi connectivity index (χ4n) is 2.68. The molecule has 3 heterocycles. The van der Waals surface area contributed by atoms with E-state index in [0.29, 0.717) is 16.7 Å². The highest BCUT2D eigenvalue weighted by Crippen LogP contribution is 2.26. The molecule has 1 aliphatic rings. The first kappa shape index (κ1) is 16.9. The van der Waals surface area contributed by atoms with E-state index in [1.54, 1.807) is 18.3 Å². The summed E-state index contributed by atoms with van der Waals surface area (Å²) >= 11 is 4.53. The predicted octanol–water partition coefficient (Wildman–Crippen LogP) is 3.10. The van der Waals surface area contributed by atoms with Crippen molar-refractivity contribution in [3.05, 3.63) is 40.4 Å². The molecule has 0 spiro atoms. The number of piperidine rings is 1. The number of anilines is 1. The van der Waals surface area contributed by atoms with Crippen molar-refractivity contribution in [1.29, 1.82) is 0 Å². The van der Waals surface area contributed by atoms with Gasteiger partial charge in [-0.3, -0.25) is 4.98 Å². The fourth-order valence-corrected chi connectivity index (χ4v) is 5.85. The molecule has 5 nitrogen and oxygen atoms in total. The Kier molecular flexibility index (Phi) is 5.35. The highest BCUT2D eigenvalue weighted by atomic mass is 79.9. The molecule has 3 rings (SSSR count). The van der Waals surface area contributed by atoms with E-state index in [1.807, 2.05) is 12.3 Å². The lowest BCUT2D eigenvalue weighted by molar-refractivity contribution is 0.402. The van der Waals surface area contributed by atoms with Gasteiger partial charge >= 0.3 is 0 Å². The molecule has 8 heteroatoms. The van der Waals surface area contributed by atoms with Crippen molar-refractivity contribution in [2.45, 2.75) is 17.1 Å². The normalized spacial score (nSPS) is 16.7. The van der Waals surface area contributed by atoms with Gasteiger partial charge in [0.25, 0.3) is 0 Å². The van der Waals surface area contributed by atoms with E-state index >= 15 is 0 Å². The number of thiophene rings is 1. The van der Waals surface area contributed by atoms with Gasteiger partial charge in [-0.15, -0.1) is 11.3 Å². The zero-order chi connectivity index (χ0) is 16.3. The number of rotatable bonds is 5. The summed E-state index contributed by atoms with van der Waals surface area (Å²) in [6.45, 7) is 2.37. The standard InChI is InChI=1S/C15H18BrN3O2S2/c16-14-3-4-15(22-14)23(20,21)18-10-12-5-8-19(9-6-12)13-2-1-7-17-11-13/h1-4,7,11-12,18H,5-6,8-10H2. The van der Waals surface area contributed by atoms with E-state index in [2.05, 4.69) is 36.6 Å². The smallest absolute Gasteiger partial charge is 0.250 e. The van der Waals surface area contributed by atoms with Gasteiger partial charge in [0.1, 0.15) is 4.21 Å². The molecule has 0 saturated carbocycles. The van der Waals surface area contributed by atoms with Crippen molar-refractivity contribution in [3.63, 3.8) is 0 Å². The molecule has 0 atom stereocenters. The summed E-state index contributed by atoms with van der Waals surface area (Å²) in [5.41, 5.74) is 1.13. The Hall–Kier alpha value is -0.960. The van der Waals surface area contributed by atoms with Gasteiger partial charge in [-0.05, 0) is 59.0 Å². The highest BCUT2D eigenvalue weighted by molar-refractivity contribution is 9.11. The van der Waals surface area contributed by atoms with Gasteiger partial charge in [0.2, 0.25) is 10.0 Å². The van der Waals surface area contributed by atoms with Crippen molar-refractivity contribution in [2.75, 3.05) is 24.5 Å². The summed E-state index contributed by atoms with van der Waals surface area (Å²) in [6.07, 6.45) is 5.60. The number of hydrogen-bond donors (Lipinski definition) is 1. The SMILES string of the molecule is O=S(=O)(NCC1CCN(c2cccnc2)CC1)c1ccc(Br)s1. The molecule has 2 aromatic rings. The van der Waals surface area contributed by atoms with Gasteiger partial charge in [0, 0.05) is 25.8 Å². The first-order valence-electron chi connectivity index (χ1n) is 7.44. The lowest BCUT2D eigenvalue weighted by Crippen LogP contribution is -2.38. The van der Waals surface area contributed by atoms with E-state index in [1.165, 1.54) is 11.3 Å². The minimum absolute atomic E-state index is 0.358. The Balaban J connectivity index is 1.51. The second kappa shape index (κ2) is 7.29. The van der Waals surface area contributed by atoms with Crippen LogP contribution in [0.3, 0.4) is 0 Å². The Labute approximate surface area is 148 Å². The number of halogens is 1. The summed E-state index contributed by atoms with van der Waals surface area (Å²) in [5, 5.41) is 0. The molecule has 0 radical (unpaired) electrons. The molecule has 0 aromatic carbocycles.